The minimum Gasteiger partial charge on any atom is -0.375 e. The summed E-state index contributed by atoms with van der Waals surface area (Å²) in [6, 6.07) is 0.0471. The zero-order valence-corrected chi connectivity index (χ0v) is 13.4. The lowest BCUT2D eigenvalue weighted by Crippen LogP contribution is -2.30. The van der Waals surface area contributed by atoms with Gasteiger partial charge in [-0.05, 0) is 27.7 Å². The fourth-order valence-electron chi connectivity index (χ4n) is 2.08. The monoisotopic (exact) mass is 308 g/mol. The number of nitrogens with one attached hydrogen (secondary N) is 1. The van der Waals surface area contributed by atoms with Gasteiger partial charge in [0.25, 0.3) is 0 Å². The minimum absolute atomic E-state index is 0.0763. The molecule has 0 saturated carbocycles. The molecule has 8 heteroatoms. The van der Waals surface area contributed by atoms with Gasteiger partial charge < -0.3 is 15.6 Å². The van der Waals surface area contributed by atoms with E-state index in [-0.39, 0.29) is 24.4 Å². The average Bonchev–Trinajstić information content (AvgIpc) is 2.96. The van der Waals surface area contributed by atoms with Crippen molar-refractivity contribution in [3.05, 3.63) is 22.7 Å². The van der Waals surface area contributed by atoms with Crippen LogP contribution in [0.15, 0.2) is 6.33 Å². The van der Waals surface area contributed by atoms with Gasteiger partial charge in [0.05, 0.1) is 18.2 Å². The maximum absolute atomic E-state index is 12.1. The van der Waals surface area contributed by atoms with Gasteiger partial charge in [0.1, 0.15) is 6.33 Å². The number of amides is 1. The molecule has 0 bridgehead atoms. The number of aromatic nitrogens is 4. The van der Waals surface area contributed by atoms with Crippen LogP contribution in [0, 0.1) is 6.92 Å². The van der Waals surface area contributed by atoms with Gasteiger partial charge in [0, 0.05) is 10.9 Å². The molecule has 21 heavy (non-hydrogen) atoms. The van der Waals surface area contributed by atoms with Crippen LogP contribution in [0.4, 0.5) is 5.13 Å². The lowest BCUT2D eigenvalue weighted by molar-refractivity contribution is -0.121. The van der Waals surface area contributed by atoms with Crippen LogP contribution in [0.2, 0.25) is 0 Å². The minimum atomic E-state index is -0.201. The summed E-state index contributed by atoms with van der Waals surface area (Å²) < 4.78 is 1.95. The fraction of sp³-hybridized carbons (Fsp3) is 0.538. The molecule has 0 aliphatic carbocycles. The van der Waals surface area contributed by atoms with Crippen molar-refractivity contribution in [2.75, 3.05) is 5.73 Å². The number of aryl methyl sites for hydroxylation is 1. The van der Waals surface area contributed by atoms with Crippen molar-refractivity contribution in [1.82, 2.24) is 25.1 Å². The number of nitrogen functional groups attached to an aromatic ring is 1. The molecule has 1 atom stereocenters. The van der Waals surface area contributed by atoms with Crippen molar-refractivity contribution < 1.29 is 4.79 Å². The second-order valence-corrected chi connectivity index (χ2v) is 6.33. The Morgan fingerprint density at radius 2 is 2.19 bits per heavy atom. The third-order valence-corrected chi connectivity index (χ3v) is 4.14. The number of thiazole rings is 1. The molecule has 0 spiro atoms. The molecule has 0 aliphatic rings. The van der Waals surface area contributed by atoms with Crippen LogP contribution in [0.1, 0.15) is 49.3 Å². The highest BCUT2D eigenvalue weighted by Crippen LogP contribution is 2.20. The van der Waals surface area contributed by atoms with Gasteiger partial charge in [0.2, 0.25) is 5.91 Å². The topological polar surface area (TPSA) is 98.7 Å². The molecule has 1 amide bonds. The summed E-state index contributed by atoms with van der Waals surface area (Å²) >= 11 is 1.35. The first-order valence-corrected chi connectivity index (χ1v) is 7.60. The lowest BCUT2D eigenvalue weighted by Gasteiger charge is -2.16. The molecule has 114 valence electrons. The highest BCUT2D eigenvalue weighted by atomic mass is 32.1. The first kappa shape index (κ1) is 15.4. The van der Waals surface area contributed by atoms with Gasteiger partial charge in [0.15, 0.2) is 11.0 Å². The number of rotatable bonds is 5. The van der Waals surface area contributed by atoms with Gasteiger partial charge in [-0.2, -0.15) is 0 Å². The van der Waals surface area contributed by atoms with Gasteiger partial charge in [-0.1, -0.05) is 0 Å². The van der Waals surface area contributed by atoms with Crippen LogP contribution < -0.4 is 11.1 Å². The van der Waals surface area contributed by atoms with Crippen molar-refractivity contribution in [2.45, 2.75) is 46.2 Å². The summed E-state index contributed by atoms with van der Waals surface area (Å²) in [6.45, 7) is 7.85. The zero-order chi connectivity index (χ0) is 15.6. The molecule has 0 fully saturated rings. The van der Waals surface area contributed by atoms with E-state index in [0.717, 1.165) is 16.4 Å². The molecule has 2 aromatic rings. The van der Waals surface area contributed by atoms with E-state index in [1.165, 1.54) is 11.3 Å². The number of carbonyl (C=O) groups is 1. The number of nitrogens with two attached hydrogens (primary N) is 1. The molecule has 3 N–H and O–H groups in total. The van der Waals surface area contributed by atoms with Gasteiger partial charge >= 0.3 is 0 Å². The van der Waals surface area contributed by atoms with Crippen LogP contribution in [-0.4, -0.2) is 25.7 Å². The third-order valence-electron chi connectivity index (χ3n) is 3.15. The maximum Gasteiger partial charge on any atom is 0.225 e. The summed E-state index contributed by atoms with van der Waals surface area (Å²) in [5.41, 5.74) is 6.45. The predicted octanol–water partition coefficient (Wildman–Crippen LogP) is 1.63. The number of hydrogen-bond donors (Lipinski definition) is 2. The zero-order valence-electron chi connectivity index (χ0n) is 12.6. The normalized spacial score (nSPS) is 12.6. The quantitative estimate of drug-likeness (QED) is 0.874. The van der Waals surface area contributed by atoms with E-state index in [0.29, 0.717) is 5.13 Å². The van der Waals surface area contributed by atoms with Crippen molar-refractivity contribution in [3.8, 4) is 0 Å². The first-order chi connectivity index (χ1) is 9.88. The van der Waals surface area contributed by atoms with Crippen LogP contribution in [0.5, 0.6) is 0 Å². The lowest BCUT2D eigenvalue weighted by atomic mass is 10.2. The Morgan fingerprint density at radius 1 is 1.48 bits per heavy atom. The van der Waals surface area contributed by atoms with Crippen LogP contribution >= 0.6 is 11.3 Å². The number of nitrogens with zero attached hydrogens (tertiary/aromatic N) is 4. The third kappa shape index (κ3) is 3.57. The van der Waals surface area contributed by atoms with Crippen molar-refractivity contribution in [3.63, 3.8) is 0 Å². The largest absolute Gasteiger partial charge is 0.375 e. The van der Waals surface area contributed by atoms with Gasteiger partial charge in [-0.15, -0.1) is 21.5 Å². The SMILES string of the molecule is Cc1nc(N)sc1CC(=O)NC(C)c1nncn1C(C)C. The molecular weight excluding hydrogens is 288 g/mol. The molecule has 0 aromatic carbocycles. The molecule has 2 aromatic heterocycles. The average molecular weight is 308 g/mol. The standard InChI is InChI=1S/C13H20N6OS/c1-7(2)19-6-15-18-12(19)9(4)16-11(20)5-10-8(3)17-13(14)21-10/h6-7,9H,5H2,1-4H3,(H2,14,17)(H,16,20). The fourth-order valence-corrected chi connectivity index (χ4v) is 2.91. The molecule has 2 rings (SSSR count). The van der Waals surface area contributed by atoms with E-state index in [1.807, 2.05) is 32.3 Å². The highest BCUT2D eigenvalue weighted by molar-refractivity contribution is 7.15. The summed E-state index contributed by atoms with van der Waals surface area (Å²) in [5, 5.41) is 11.4. The molecule has 2 heterocycles. The predicted molar refractivity (Wildman–Crippen MR) is 81.9 cm³/mol. The van der Waals surface area contributed by atoms with E-state index in [2.05, 4.69) is 20.5 Å². The number of hydrogen-bond acceptors (Lipinski definition) is 6. The van der Waals surface area contributed by atoms with E-state index in [4.69, 9.17) is 5.73 Å². The van der Waals surface area contributed by atoms with Crippen molar-refractivity contribution in [1.29, 1.82) is 0 Å². The summed E-state index contributed by atoms with van der Waals surface area (Å²) in [5.74, 6) is 0.673. The molecule has 0 aliphatic heterocycles. The Balaban J connectivity index is 2.02. The molecule has 0 radical (unpaired) electrons. The van der Waals surface area contributed by atoms with E-state index in [9.17, 15) is 4.79 Å². The summed E-state index contributed by atoms with van der Waals surface area (Å²) in [4.78, 5) is 17.1. The van der Waals surface area contributed by atoms with Gasteiger partial charge in [-0.25, -0.2) is 4.98 Å². The van der Waals surface area contributed by atoms with Crippen LogP contribution in [0.3, 0.4) is 0 Å². The van der Waals surface area contributed by atoms with Gasteiger partial charge in [-0.3, -0.25) is 4.79 Å². The number of anilines is 1. The molecule has 1 unspecified atom stereocenters. The molecular formula is C13H20N6OS. The Hall–Kier alpha value is -1.96. The van der Waals surface area contributed by atoms with Crippen molar-refractivity contribution >= 4 is 22.4 Å². The van der Waals surface area contributed by atoms with Crippen LogP contribution in [-0.2, 0) is 11.2 Å². The Morgan fingerprint density at radius 3 is 2.76 bits per heavy atom. The number of carbonyl (C=O) groups excluding carboxylic acids is 1. The Kier molecular flexibility index (Phi) is 4.56. The van der Waals surface area contributed by atoms with E-state index >= 15 is 0 Å². The van der Waals surface area contributed by atoms with Crippen LogP contribution in [0.25, 0.3) is 0 Å². The van der Waals surface area contributed by atoms with E-state index < -0.39 is 0 Å². The molecule has 0 saturated heterocycles. The Bertz CT molecular complexity index is 632. The first-order valence-electron chi connectivity index (χ1n) is 6.79. The highest BCUT2D eigenvalue weighted by Gasteiger charge is 2.18. The Labute approximate surface area is 127 Å². The summed E-state index contributed by atoms with van der Waals surface area (Å²) in [7, 11) is 0. The van der Waals surface area contributed by atoms with Crippen molar-refractivity contribution in [2.24, 2.45) is 0 Å². The second-order valence-electron chi connectivity index (χ2n) is 5.22. The molecule has 7 nitrogen and oxygen atoms in total. The smallest absolute Gasteiger partial charge is 0.225 e. The maximum atomic E-state index is 12.1. The summed E-state index contributed by atoms with van der Waals surface area (Å²) in [6.07, 6.45) is 1.96. The second kappa shape index (κ2) is 6.21. The van der Waals surface area contributed by atoms with E-state index in [1.54, 1.807) is 6.33 Å².